The first-order valence-electron chi connectivity index (χ1n) is 4.68. The van der Waals surface area contributed by atoms with Crippen LogP contribution >= 0.6 is 0 Å². The van der Waals surface area contributed by atoms with Crippen LogP contribution in [-0.4, -0.2) is 11.9 Å². The lowest BCUT2D eigenvalue weighted by atomic mass is 10.1. The number of primary amides is 1. The number of nitrogens with one attached hydrogen (secondary N) is 1. The van der Waals surface area contributed by atoms with Crippen LogP contribution in [0.25, 0.3) is 0 Å². The van der Waals surface area contributed by atoms with E-state index < -0.39 is 0 Å². The molecule has 0 aromatic heterocycles. The summed E-state index contributed by atoms with van der Waals surface area (Å²) >= 11 is 0. The molecule has 0 unspecified atom stereocenters. The summed E-state index contributed by atoms with van der Waals surface area (Å²) in [6.07, 6.45) is 0. The van der Waals surface area contributed by atoms with Crippen molar-refractivity contribution in [2.45, 2.75) is 26.4 Å². The average molecular weight is 192 g/mol. The van der Waals surface area contributed by atoms with Crippen LogP contribution in [0.5, 0.6) is 0 Å². The van der Waals surface area contributed by atoms with Gasteiger partial charge in [-0.25, -0.2) is 0 Å². The molecule has 1 aromatic carbocycles. The molecule has 0 aliphatic carbocycles. The highest BCUT2D eigenvalue weighted by Crippen LogP contribution is 2.02. The number of benzene rings is 1. The Balaban J connectivity index is 2.46. The maximum Gasteiger partial charge on any atom is 0.234 e. The number of hydrogen-bond donors (Lipinski definition) is 2. The molecule has 0 aliphatic heterocycles. The van der Waals surface area contributed by atoms with Gasteiger partial charge < -0.3 is 11.1 Å². The van der Waals surface area contributed by atoms with Gasteiger partial charge in [-0.1, -0.05) is 29.8 Å². The zero-order valence-electron chi connectivity index (χ0n) is 8.58. The molecule has 3 heteroatoms. The van der Waals surface area contributed by atoms with Crippen molar-refractivity contribution in [2.24, 2.45) is 5.73 Å². The van der Waals surface area contributed by atoms with Gasteiger partial charge in [-0.3, -0.25) is 4.79 Å². The van der Waals surface area contributed by atoms with Gasteiger partial charge in [0.1, 0.15) is 0 Å². The monoisotopic (exact) mass is 192 g/mol. The van der Waals surface area contributed by atoms with Gasteiger partial charge in [-0.05, 0) is 19.4 Å². The van der Waals surface area contributed by atoms with Crippen LogP contribution in [0.2, 0.25) is 0 Å². The van der Waals surface area contributed by atoms with E-state index in [1.165, 1.54) is 5.56 Å². The maximum absolute atomic E-state index is 10.7. The third-order valence-electron chi connectivity index (χ3n) is 2.16. The number of carbonyl (C=O) groups is 1. The molecule has 0 heterocycles. The second-order valence-corrected chi connectivity index (χ2v) is 3.49. The Bertz CT molecular complexity index is 306. The summed E-state index contributed by atoms with van der Waals surface area (Å²) in [5, 5.41) is 3.04. The first-order chi connectivity index (χ1) is 6.59. The van der Waals surface area contributed by atoms with Gasteiger partial charge in [0.15, 0.2) is 0 Å². The normalized spacial score (nSPS) is 12.4. The highest BCUT2D eigenvalue weighted by molar-refractivity contribution is 5.79. The van der Waals surface area contributed by atoms with Crippen molar-refractivity contribution in [1.82, 2.24) is 5.32 Å². The SMILES string of the molecule is Cc1ccc(CN[C@@H](C)C(N)=O)cc1. The van der Waals surface area contributed by atoms with E-state index in [2.05, 4.69) is 5.32 Å². The first kappa shape index (κ1) is 10.7. The molecular weight excluding hydrogens is 176 g/mol. The molecule has 1 amide bonds. The molecule has 14 heavy (non-hydrogen) atoms. The van der Waals surface area contributed by atoms with Crippen molar-refractivity contribution in [3.05, 3.63) is 35.4 Å². The number of amides is 1. The van der Waals surface area contributed by atoms with Crippen LogP contribution in [0.4, 0.5) is 0 Å². The maximum atomic E-state index is 10.7. The smallest absolute Gasteiger partial charge is 0.234 e. The zero-order valence-corrected chi connectivity index (χ0v) is 8.58. The molecule has 0 aliphatic rings. The first-order valence-corrected chi connectivity index (χ1v) is 4.68. The van der Waals surface area contributed by atoms with Gasteiger partial charge in [-0.2, -0.15) is 0 Å². The molecule has 0 spiro atoms. The number of rotatable bonds is 4. The molecule has 76 valence electrons. The summed E-state index contributed by atoms with van der Waals surface area (Å²) in [5.74, 6) is -0.322. The Hall–Kier alpha value is -1.35. The van der Waals surface area contributed by atoms with Crippen molar-refractivity contribution in [2.75, 3.05) is 0 Å². The Morgan fingerprint density at radius 2 is 2.00 bits per heavy atom. The minimum absolute atomic E-state index is 0.281. The van der Waals surface area contributed by atoms with Crippen molar-refractivity contribution < 1.29 is 4.79 Å². The van der Waals surface area contributed by atoms with E-state index >= 15 is 0 Å². The Kier molecular flexibility index (Phi) is 3.65. The van der Waals surface area contributed by atoms with E-state index in [1.807, 2.05) is 31.2 Å². The number of carbonyl (C=O) groups excluding carboxylic acids is 1. The number of hydrogen-bond acceptors (Lipinski definition) is 2. The Morgan fingerprint density at radius 1 is 1.43 bits per heavy atom. The summed E-state index contributed by atoms with van der Waals surface area (Å²) in [6, 6.07) is 7.89. The summed E-state index contributed by atoms with van der Waals surface area (Å²) in [4.78, 5) is 10.7. The van der Waals surface area contributed by atoms with Crippen LogP contribution in [0.3, 0.4) is 0 Å². The zero-order chi connectivity index (χ0) is 10.6. The van der Waals surface area contributed by atoms with Crippen molar-refractivity contribution >= 4 is 5.91 Å². The van der Waals surface area contributed by atoms with Gasteiger partial charge in [0, 0.05) is 6.54 Å². The molecule has 0 radical (unpaired) electrons. The van der Waals surface area contributed by atoms with E-state index in [-0.39, 0.29) is 11.9 Å². The molecule has 1 atom stereocenters. The Labute approximate surface area is 84.3 Å². The predicted molar refractivity (Wildman–Crippen MR) is 56.7 cm³/mol. The molecular formula is C11H16N2O. The third-order valence-corrected chi connectivity index (χ3v) is 2.16. The summed E-state index contributed by atoms with van der Waals surface area (Å²) in [6.45, 7) is 4.48. The lowest BCUT2D eigenvalue weighted by Crippen LogP contribution is -2.38. The molecule has 0 saturated heterocycles. The Morgan fingerprint density at radius 3 is 2.50 bits per heavy atom. The largest absolute Gasteiger partial charge is 0.368 e. The number of nitrogens with two attached hydrogens (primary N) is 1. The molecule has 0 saturated carbocycles. The topological polar surface area (TPSA) is 55.1 Å². The van der Waals surface area contributed by atoms with Gasteiger partial charge in [-0.15, -0.1) is 0 Å². The average Bonchev–Trinajstić information content (AvgIpc) is 2.16. The fourth-order valence-electron chi connectivity index (χ4n) is 1.08. The van der Waals surface area contributed by atoms with Crippen molar-refractivity contribution in [3.8, 4) is 0 Å². The third kappa shape index (κ3) is 3.18. The van der Waals surface area contributed by atoms with E-state index in [4.69, 9.17) is 5.73 Å². The fraction of sp³-hybridized carbons (Fsp3) is 0.364. The second-order valence-electron chi connectivity index (χ2n) is 3.49. The molecule has 3 nitrogen and oxygen atoms in total. The highest BCUT2D eigenvalue weighted by atomic mass is 16.1. The predicted octanol–water partition coefficient (Wildman–Crippen LogP) is 0.958. The van der Waals surface area contributed by atoms with E-state index in [9.17, 15) is 4.79 Å². The molecule has 0 fully saturated rings. The highest BCUT2D eigenvalue weighted by Gasteiger charge is 2.06. The summed E-state index contributed by atoms with van der Waals surface area (Å²) in [5.41, 5.74) is 7.51. The van der Waals surface area contributed by atoms with E-state index in [1.54, 1.807) is 6.92 Å². The van der Waals surface area contributed by atoms with Gasteiger partial charge in [0.2, 0.25) is 5.91 Å². The van der Waals surface area contributed by atoms with Gasteiger partial charge in [0.05, 0.1) is 6.04 Å². The van der Waals surface area contributed by atoms with Crippen LogP contribution in [0.1, 0.15) is 18.1 Å². The van der Waals surface area contributed by atoms with Crippen LogP contribution in [-0.2, 0) is 11.3 Å². The molecule has 0 bridgehead atoms. The van der Waals surface area contributed by atoms with Crippen LogP contribution < -0.4 is 11.1 Å². The summed E-state index contributed by atoms with van der Waals surface area (Å²) < 4.78 is 0. The van der Waals surface area contributed by atoms with E-state index in [0.717, 1.165) is 5.56 Å². The minimum atomic E-state index is -0.322. The summed E-state index contributed by atoms with van der Waals surface area (Å²) in [7, 11) is 0. The molecule has 1 aromatic rings. The standard InChI is InChI=1S/C11H16N2O/c1-8-3-5-10(6-4-8)7-13-9(2)11(12)14/h3-6,9,13H,7H2,1-2H3,(H2,12,14)/t9-/m0/s1. The van der Waals surface area contributed by atoms with Gasteiger partial charge >= 0.3 is 0 Å². The quantitative estimate of drug-likeness (QED) is 0.746. The fourth-order valence-corrected chi connectivity index (χ4v) is 1.08. The number of aryl methyl sites for hydroxylation is 1. The second kappa shape index (κ2) is 4.77. The van der Waals surface area contributed by atoms with Crippen LogP contribution in [0, 0.1) is 6.92 Å². The molecule has 3 N–H and O–H groups in total. The van der Waals surface area contributed by atoms with Crippen molar-refractivity contribution in [3.63, 3.8) is 0 Å². The van der Waals surface area contributed by atoms with Gasteiger partial charge in [0.25, 0.3) is 0 Å². The van der Waals surface area contributed by atoms with Crippen LogP contribution in [0.15, 0.2) is 24.3 Å². The lowest BCUT2D eigenvalue weighted by molar-refractivity contribution is -0.119. The minimum Gasteiger partial charge on any atom is -0.368 e. The van der Waals surface area contributed by atoms with Crippen molar-refractivity contribution in [1.29, 1.82) is 0 Å². The lowest BCUT2D eigenvalue weighted by Gasteiger charge is -2.09. The molecule has 1 rings (SSSR count). The van der Waals surface area contributed by atoms with E-state index in [0.29, 0.717) is 6.54 Å².